The molecule has 3 N–H and O–H groups in total. The SMILES string of the molecule is Cc1cnc(-c2cccc(NC(=O)C3(CN)CCOCC3)c2)o1. The van der Waals surface area contributed by atoms with Gasteiger partial charge in [-0.25, -0.2) is 4.98 Å². The molecule has 3 rings (SSSR count). The maximum absolute atomic E-state index is 12.7. The average Bonchev–Trinajstić information content (AvgIpc) is 3.02. The summed E-state index contributed by atoms with van der Waals surface area (Å²) < 4.78 is 10.9. The number of nitrogens with two attached hydrogens (primary N) is 1. The molecule has 0 radical (unpaired) electrons. The van der Waals surface area contributed by atoms with Crippen LogP contribution in [0.15, 0.2) is 34.9 Å². The van der Waals surface area contributed by atoms with E-state index in [1.807, 2.05) is 31.2 Å². The number of carbonyl (C=O) groups excluding carboxylic acids is 1. The number of oxazole rings is 1. The van der Waals surface area contributed by atoms with Crippen molar-refractivity contribution in [2.75, 3.05) is 25.1 Å². The van der Waals surface area contributed by atoms with Crippen LogP contribution in [0.3, 0.4) is 0 Å². The van der Waals surface area contributed by atoms with E-state index in [1.54, 1.807) is 6.20 Å². The topological polar surface area (TPSA) is 90.4 Å². The first-order valence-electron chi connectivity index (χ1n) is 7.75. The minimum atomic E-state index is -0.548. The number of rotatable bonds is 4. The lowest BCUT2D eigenvalue weighted by Gasteiger charge is -2.34. The molecule has 0 spiro atoms. The number of carbonyl (C=O) groups is 1. The molecule has 1 aromatic heterocycles. The highest BCUT2D eigenvalue weighted by Gasteiger charge is 2.38. The third-order valence-electron chi connectivity index (χ3n) is 4.31. The van der Waals surface area contributed by atoms with E-state index in [9.17, 15) is 4.79 Å². The van der Waals surface area contributed by atoms with Gasteiger partial charge in [0.2, 0.25) is 11.8 Å². The predicted octanol–water partition coefficient (Wildman–Crippen LogP) is 2.34. The molecule has 2 heterocycles. The summed E-state index contributed by atoms with van der Waals surface area (Å²) in [7, 11) is 0. The fourth-order valence-corrected chi connectivity index (χ4v) is 2.77. The summed E-state index contributed by atoms with van der Waals surface area (Å²) in [6.45, 7) is 3.31. The predicted molar refractivity (Wildman–Crippen MR) is 86.8 cm³/mol. The molecule has 0 atom stereocenters. The van der Waals surface area contributed by atoms with Crippen LogP contribution in [0.2, 0.25) is 0 Å². The molecule has 1 aliphatic rings. The molecule has 1 saturated heterocycles. The van der Waals surface area contributed by atoms with Gasteiger partial charge in [0.25, 0.3) is 0 Å². The standard InChI is InChI=1S/C17H21N3O3/c1-12-10-19-15(23-12)13-3-2-4-14(9-13)20-16(21)17(11-18)5-7-22-8-6-17/h2-4,9-10H,5-8,11,18H2,1H3,(H,20,21). The molecule has 0 saturated carbocycles. The molecular weight excluding hydrogens is 294 g/mol. The van der Waals surface area contributed by atoms with Gasteiger partial charge in [-0.3, -0.25) is 4.79 Å². The van der Waals surface area contributed by atoms with Gasteiger partial charge >= 0.3 is 0 Å². The van der Waals surface area contributed by atoms with Crippen LogP contribution in [-0.4, -0.2) is 30.6 Å². The number of aromatic nitrogens is 1. The molecule has 0 bridgehead atoms. The zero-order chi connectivity index (χ0) is 16.3. The molecule has 6 nitrogen and oxygen atoms in total. The monoisotopic (exact) mass is 315 g/mol. The molecule has 1 fully saturated rings. The highest BCUT2D eigenvalue weighted by molar-refractivity contribution is 5.96. The van der Waals surface area contributed by atoms with Gasteiger partial charge in [0, 0.05) is 31.0 Å². The molecule has 23 heavy (non-hydrogen) atoms. The summed E-state index contributed by atoms with van der Waals surface area (Å²) >= 11 is 0. The average molecular weight is 315 g/mol. The van der Waals surface area contributed by atoms with Crippen LogP contribution >= 0.6 is 0 Å². The maximum atomic E-state index is 12.7. The summed E-state index contributed by atoms with van der Waals surface area (Å²) in [5, 5.41) is 2.98. The van der Waals surface area contributed by atoms with Crippen molar-refractivity contribution < 1.29 is 13.9 Å². The van der Waals surface area contributed by atoms with E-state index in [0.717, 1.165) is 11.3 Å². The fourth-order valence-electron chi connectivity index (χ4n) is 2.77. The Morgan fingerprint density at radius 1 is 1.39 bits per heavy atom. The van der Waals surface area contributed by atoms with E-state index in [2.05, 4.69) is 10.3 Å². The van der Waals surface area contributed by atoms with Crippen LogP contribution < -0.4 is 11.1 Å². The van der Waals surface area contributed by atoms with Gasteiger partial charge in [-0.15, -0.1) is 0 Å². The van der Waals surface area contributed by atoms with Gasteiger partial charge < -0.3 is 20.2 Å². The molecule has 2 aromatic rings. The quantitative estimate of drug-likeness (QED) is 0.904. The van der Waals surface area contributed by atoms with Crippen LogP contribution in [-0.2, 0) is 9.53 Å². The first-order valence-corrected chi connectivity index (χ1v) is 7.75. The van der Waals surface area contributed by atoms with Crippen molar-refractivity contribution in [2.45, 2.75) is 19.8 Å². The van der Waals surface area contributed by atoms with Gasteiger partial charge in [-0.05, 0) is 38.0 Å². The third-order valence-corrected chi connectivity index (χ3v) is 4.31. The number of anilines is 1. The van der Waals surface area contributed by atoms with E-state index >= 15 is 0 Å². The molecule has 122 valence electrons. The molecular formula is C17H21N3O3. The van der Waals surface area contributed by atoms with Crippen LogP contribution in [0, 0.1) is 12.3 Å². The summed E-state index contributed by atoms with van der Waals surface area (Å²) in [6, 6.07) is 7.46. The second kappa shape index (κ2) is 6.52. The van der Waals surface area contributed by atoms with Gasteiger partial charge in [0.05, 0.1) is 11.6 Å². The number of aryl methyl sites for hydroxylation is 1. The number of benzene rings is 1. The first kappa shape index (κ1) is 15.7. The fraction of sp³-hybridized carbons (Fsp3) is 0.412. The van der Waals surface area contributed by atoms with Crippen molar-refractivity contribution in [1.82, 2.24) is 4.98 Å². The lowest BCUT2D eigenvalue weighted by atomic mass is 9.79. The van der Waals surface area contributed by atoms with Crippen LogP contribution in [0.1, 0.15) is 18.6 Å². The molecule has 0 unspecified atom stereocenters. The summed E-state index contributed by atoms with van der Waals surface area (Å²) in [5.74, 6) is 1.24. The molecule has 1 amide bonds. The van der Waals surface area contributed by atoms with E-state index in [-0.39, 0.29) is 5.91 Å². The van der Waals surface area contributed by atoms with Crippen molar-refractivity contribution in [3.05, 3.63) is 36.2 Å². The zero-order valence-electron chi connectivity index (χ0n) is 13.2. The van der Waals surface area contributed by atoms with Crippen molar-refractivity contribution in [1.29, 1.82) is 0 Å². The van der Waals surface area contributed by atoms with E-state index in [1.165, 1.54) is 0 Å². The molecule has 1 aromatic carbocycles. The second-order valence-corrected chi connectivity index (χ2v) is 5.91. The Balaban J connectivity index is 1.78. The smallest absolute Gasteiger partial charge is 0.232 e. The van der Waals surface area contributed by atoms with E-state index < -0.39 is 5.41 Å². The summed E-state index contributed by atoms with van der Waals surface area (Å²) in [4.78, 5) is 16.9. The molecule has 6 heteroatoms. The Hall–Kier alpha value is -2.18. The maximum Gasteiger partial charge on any atom is 0.232 e. The van der Waals surface area contributed by atoms with Gasteiger partial charge in [-0.2, -0.15) is 0 Å². The van der Waals surface area contributed by atoms with Gasteiger partial charge in [0.1, 0.15) is 5.76 Å². The Labute approximate surface area is 135 Å². The number of hydrogen-bond donors (Lipinski definition) is 2. The Morgan fingerprint density at radius 2 is 2.17 bits per heavy atom. The van der Waals surface area contributed by atoms with Crippen LogP contribution in [0.25, 0.3) is 11.5 Å². The van der Waals surface area contributed by atoms with Crippen molar-refractivity contribution in [2.24, 2.45) is 11.1 Å². The Bertz CT molecular complexity index is 690. The Morgan fingerprint density at radius 3 is 2.83 bits per heavy atom. The molecule has 0 aliphatic carbocycles. The van der Waals surface area contributed by atoms with Crippen LogP contribution in [0.5, 0.6) is 0 Å². The highest BCUT2D eigenvalue weighted by atomic mass is 16.5. The lowest BCUT2D eigenvalue weighted by molar-refractivity contribution is -0.130. The van der Waals surface area contributed by atoms with E-state index in [4.69, 9.17) is 14.9 Å². The zero-order valence-corrected chi connectivity index (χ0v) is 13.2. The van der Waals surface area contributed by atoms with Crippen LogP contribution in [0.4, 0.5) is 5.69 Å². The largest absolute Gasteiger partial charge is 0.441 e. The van der Waals surface area contributed by atoms with Crippen molar-refractivity contribution >= 4 is 11.6 Å². The number of ether oxygens (including phenoxy) is 1. The van der Waals surface area contributed by atoms with Crippen molar-refractivity contribution in [3.63, 3.8) is 0 Å². The Kier molecular flexibility index (Phi) is 4.45. The van der Waals surface area contributed by atoms with Crippen molar-refractivity contribution in [3.8, 4) is 11.5 Å². The number of nitrogens with one attached hydrogen (secondary N) is 1. The van der Waals surface area contributed by atoms with Gasteiger partial charge in [0.15, 0.2) is 0 Å². The minimum Gasteiger partial charge on any atom is -0.441 e. The minimum absolute atomic E-state index is 0.0518. The second-order valence-electron chi connectivity index (χ2n) is 5.91. The number of hydrogen-bond acceptors (Lipinski definition) is 5. The summed E-state index contributed by atoms with van der Waals surface area (Å²) in [5.41, 5.74) is 6.86. The first-order chi connectivity index (χ1) is 11.1. The number of amides is 1. The lowest BCUT2D eigenvalue weighted by Crippen LogP contribution is -2.46. The number of nitrogens with zero attached hydrogens (tertiary/aromatic N) is 1. The van der Waals surface area contributed by atoms with Gasteiger partial charge in [-0.1, -0.05) is 6.07 Å². The highest BCUT2D eigenvalue weighted by Crippen LogP contribution is 2.31. The normalized spacial score (nSPS) is 17.0. The third kappa shape index (κ3) is 3.28. The summed E-state index contributed by atoms with van der Waals surface area (Å²) in [6.07, 6.45) is 2.97. The molecule has 1 aliphatic heterocycles. The van der Waals surface area contributed by atoms with E-state index in [0.29, 0.717) is 44.2 Å².